The molecule has 0 spiro atoms. The summed E-state index contributed by atoms with van der Waals surface area (Å²) < 4.78 is 21.6. The summed E-state index contributed by atoms with van der Waals surface area (Å²) in [7, 11) is 3.03. The number of amides is 1. The lowest BCUT2D eigenvalue weighted by molar-refractivity contribution is -0.130. The molecule has 1 saturated heterocycles. The number of methoxy groups -OCH3 is 2. The van der Waals surface area contributed by atoms with E-state index in [0.717, 1.165) is 12.8 Å². The van der Waals surface area contributed by atoms with Crippen molar-refractivity contribution in [2.45, 2.75) is 25.0 Å². The van der Waals surface area contributed by atoms with Crippen LogP contribution in [0.1, 0.15) is 34.2 Å². The fraction of sp³-hybridized carbons (Fsp3) is 0.400. The van der Waals surface area contributed by atoms with E-state index in [1.165, 1.54) is 25.6 Å². The van der Waals surface area contributed by atoms with Gasteiger partial charge < -0.3 is 24.3 Å². The lowest BCUT2D eigenvalue weighted by atomic mass is 10.1. The third-order valence-corrected chi connectivity index (χ3v) is 5.27. The van der Waals surface area contributed by atoms with Crippen molar-refractivity contribution in [3.05, 3.63) is 46.2 Å². The summed E-state index contributed by atoms with van der Waals surface area (Å²) in [6, 6.07) is 8.40. The Morgan fingerprint density at radius 2 is 2.07 bits per heavy atom. The van der Waals surface area contributed by atoms with Crippen LogP contribution in [0, 0.1) is 0 Å². The summed E-state index contributed by atoms with van der Waals surface area (Å²) in [5.74, 6) is 0.00752. The first-order valence-corrected chi connectivity index (χ1v) is 9.86. The Kier molecular flexibility index (Phi) is 6.89. The summed E-state index contributed by atoms with van der Waals surface area (Å²) >= 11 is 1.26. The maximum absolute atomic E-state index is 12.8. The molecule has 0 bridgehead atoms. The lowest BCUT2D eigenvalue weighted by Gasteiger charge is -2.20. The molecule has 1 amide bonds. The van der Waals surface area contributed by atoms with Gasteiger partial charge in [-0.25, -0.2) is 4.79 Å². The van der Waals surface area contributed by atoms with Crippen molar-refractivity contribution in [1.29, 1.82) is 0 Å². The van der Waals surface area contributed by atoms with E-state index >= 15 is 0 Å². The van der Waals surface area contributed by atoms with E-state index in [4.69, 9.17) is 18.9 Å². The average molecular weight is 405 g/mol. The van der Waals surface area contributed by atoms with E-state index < -0.39 is 18.0 Å². The minimum Gasteiger partial charge on any atom is -0.493 e. The van der Waals surface area contributed by atoms with E-state index in [9.17, 15) is 9.59 Å². The molecule has 2 heterocycles. The van der Waals surface area contributed by atoms with Crippen molar-refractivity contribution in [3.8, 4) is 11.5 Å². The Labute approximate surface area is 167 Å². The number of hydrogen-bond donors (Lipinski definition) is 1. The zero-order chi connectivity index (χ0) is 19.9. The topological polar surface area (TPSA) is 83.1 Å². The van der Waals surface area contributed by atoms with Gasteiger partial charge in [0.05, 0.1) is 20.3 Å². The first kappa shape index (κ1) is 20.2. The number of esters is 1. The molecule has 1 N–H and O–H groups in total. The van der Waals surface area contributed by atoms with Gasteiger partial charge in [-0.05, 0) is 36.4 Å². The Morgan fingerprint density at radius 1 is 1.25 bits per heavy atom. The second-order valence-electron chi connectivity index (χ2n) is 6.26. The second-order valence-corrected chi connectivity index (χ2v) is 7.20. The normalized spacial score (nSPS) is 17.0. The molecule has 1 aliphatic rings. The monoisotopic (exact) mass is 405 g/mol. The Bertz CT molecular complexity index is 801. The molecule has 0 saturated carbocycles. The van der Waals surface area contributed by atoms with E-state index in [-0.39, 0.29) is 6.10 Å². The number of benzene rings is 1. The van der Waals surface area contributed by atoms with Gasteiger partial charge in [-0.2, -0.15) is 0 Å². The molecular formula is C20H23NO6S. The van der Waals surface area contributed by atoms with Crippen molar-refractivity contribution >= 4 is 23.2 Å². The number of nitrogens with one attached hydrogen (secondary N) is 1. The largest absolute Gasteiger partial charge is 0.493 e. The van der Waals surface area contributed by atoms with E-state index in [1.54, 1.807) is 35.7 Å². The highest BCUT2D eigenvalue weighted by molar-refractivity contribution is 7.11. The summed E-state index contributed by atoms with van der Waals surface area (Å²) in [5.41, 5.74) is 0.493. The highest BCUT2D eigenvalue weighted by Gasteiger charge is 2.28. The predicted molar refractivity (Wildman–Crippen MR) is 104 cm³/mol. The minimum absolute atomic E-state index is 0.0111. The summed E-state index contributed by atoms with van der Waals surface area (Å²) in [6.45, 7) is 1.08. The van der Waals surface area contributed by atoms with Crippen LogP contribution in [0.3, 0.4) is 0 Å². The zero-order valence-electron chi connectivity index (χ0n) is 15.8. The molecule has 1 aromatic heterocycles. The summed E-state index contributed by atoms with van der Waals surface area (Å²) in [6.07, 6.45) is 0.752. The molecule has 1 fully saturated rings. The van der Waals surface area contributed by atoms with Gasteiger partial charge in [0.2, 0.25) is 6.10 Å². The van der Waals surface area contributed by atoms with Gasteiger partial charge in [-0.15, -0.1) is 11.3 Å². The first-order valence-electron chi connectivity index (χ1n) is 8.98. The Hall–Kier alpha value is -2.58. The van der Waals surface area contributed by atoms with Gasteiger partial charge in [0.25, 0.3) is 5.91 Å². The van der Waals surface area contributed by atoms with Crippen LogP contribution in [-0.4, -0.2) is 45.4 Å². The number of ether oxygens (including phenoxy) is 4. The molecule has 7 nitrogen and oxygen atoms in total. The molecule has 2 atom stereocenters. The minimum atomic E-state index is -1.11. The number of carbonyl (C=O) groups excluding carboxylic acids is 2. The van der Waals surface area contributed by atoms with Crippen LogP contribution < -0.4 is 14.8 Å². The summed E-state index contributed by atoms with van der Waals surface area (Å²) in [4.78, 5) is 25.7. The van der Waals surface area contributed by atoms with Crippen molar-refractivity contribution in [2.24, 2.45) is 0 Å². The van der Waals surface area contributed by atoms with Crippen LogP contribution in [0.2, 0.25) is 0 Å². The molecule has 0 aliphatic carbocycles. The molecule has 1 aromatic carbocycles. The van der Waals surface area contributed by atoms with Gasteiger partial charge in [0.15, 0.2) is 11.5 Å². The highest BCUT2D eigenvalue weighted by atomic mass is 32.1. The molecule has 8 heteroatoms. The SMILES string of the molecule is COc1ccc([C@H](OC(=O)c2cccs2)C(=O)NC[C@H]2CCCO2)cc1OC. The summed E-state index contributed by atoms with van der Waals surface area (Å²) in [5, 5.41) is 4.61. The van der Waals surface area contributed by atoms with Gasteiger partial charge in [0.1, 0.15) is 4.88 Å². The number of rotatable bonds is 8. The van der Waals surface area contributed by atoms with Gasteiger partial charge in [0, 0.05) is 18.7 Å². The van der Waals surface area contributed by atoms with Crippen LogP contribution in [0.5, 0.6) is 11.5 Å². The Morgan fingerprint density at radius 3 is 2.71 bits per heavy atom. The van der Waals surface area contributed by atoms with Crippen LogP contribution in [0.25, 0.3) is 0 Å². The lowest BCUT2D eigenvalue weighted by Crippen LogP contribution is -2.37. The number of thiophene rings is 1. The van der Waals surface area contributed by atoms with Gasteiger partial charge >= 0.3 is 5.97 Å². The van der Waals surface area contributed by atoms with E-state index in [2.05, 4.69) is 5.32 Å². The maximum atomic E-state index is 12.8. The third kappa shape index (κ3) is 4.82. The third-order valence-electron chi connectivity index (χ3n) is 4.42. The fourth-order valence-corrected chi connectivity index (χ4v) is 3.57. The van der Waals surface area contributed by atoms with Gasteiger partial charge in [-0.3, -0.25) is 4.79 Å². The van der Waals surface area contributed by atoms with Crippen LogP contribution in [0.4, 0.5) is 0 Å². The fourth-order valence-electron chi connectivity index (χ4n) is 2.96. The zero-order valence-corrected chi connectivity index (χ0v) is 16.6. The maximum Gasteiger partial charge on any atom is 0.349 e. The van der Waals surface area contributed by atoms with E-state index in [1.807, 2.05) is 0 Å². The number of hydrogen-bond acceptors (Lipinski definition) is 7. The standard InChI is InChI=1S/C20H23NO6S/c1-24-15-8-7-13(11-16(15)25-2)18(27-20(23)17-6-4-10-28-17)19(22)21-12-14-5-3-9-26-14/h4,6-8,10-11,14,18H,3,5,9,12H2,1-2H3,(H,21,22)/t14-,18+/m1/s1. The van der Waals surface area contributed by atoms with Crippen LogP contribution >= 0.6 is 11.3 Å². The van der Waals surface area contributed by atoms with Crippen molar-refractivity contribution in [1.82, 2.24) is 5.32 Å². The van der Waals surface area contributed by atoms with Crippen molar-refractivity contribution in [2.75, 3.05) is 27.4 Å². The Balaban J connectivity index is 1.80. The predicted octanol–water partition coefficient (Wildman–Crippen LogP) is 2.96. The average Bonchev–Trinajstić information content (AvgIpc) is 3.43. The molecule has 0 radical (unpaired) electrons. The number of carbonyl (C=O) groups is 2. The quantitative estimate of drug-likeness (QED) is 0.680. The smallest absolute Gasteiger partial charge is 0.349 e. The molecule has 2 aromatic rings. The second kappa shape index (κ2) is 9.57. The van der Waals surface area contributed by atoms with Gasteiger partial charge in [-0.1, -0.05) is 12.1 Å². The molecule has 1 aliphatic heterocycles. The van der Waals surface area contributed by atoms with E-state index in [0.29, 0.717) is 35.1 Å². The van der Waals surface area contributed by atoms with Crippen LogP contribution in [0.15, 0.2) is 35.7 Å². The van der Waals surface area contributed by atoms with Crippen molar-refractivity contribution < 1.29 is 28.5 Å². The molecule has 28 heavy (non-hydrogen) atoms. The molecule has 3 rings (SSSR count). The van der Waals surface area contributed by atoms with Crippen molar-refractivity contribution in [3.63, 3.8) is 0 Å². The molecule has 0 unspecified atom stereocenters. The first-order chi connectivity index (χ1) is 13.6. The molecule has 150 valence electrons. The molecular weight excluding hydrogens is 382 g/mol. The highest BCUT2D eigenvalue weighted by Crippen LogP contribution is 2.32. The van der Waals surface area contributed by atoms with Crippen LogP contribution in [-0.2, 0) is 14.3 Å².